The van der Waals surface area contributed by atoms with E-state index in [0.29, 0.717) is 5.56 Å². The van der Waals surface area contributed by atoms with Gasteiger partial charge in [0.2, 0.25) is 5.91 Å². The molecule has 0 heterocycles. The van der Waals surface area contributed by atoms with Crippen LogP contribution in [-0.4, -0.2) is 51.7 Å². The second-order valence-electron chi connectivity index (χ2n) is 5.41. The molecule has 1 aromatic rings. The Morgan fingerprint density at radius 2 is 1.70 bits per heavy atom. The normalized spacial score (nSPS) is 12.0. The smallest absolute Gasteiger partial charge is 0.422 e. The molecule has 0 aliphatic heterocycles. The van der Waals surface area contributed by atoms with Crippen molar-refractivity contribution in [2.45, 2.75) is 25.2 Å². The molecule has 0 bridgehead atoms. The minimum atomic E-state index is -4.48. The van der Waals surface area contributed by atoms with E-state index in [0.717, 1.165) is 0 Å². The van der Waals surface area contributed by atoms with Crippen molar-refractivity contribution in [3.05, 3.63) is 23.8 Å². The van der Waals surface area contributed by atoms with Crippen LogP contribution in [-0.2, 0) is 16.0 Å². The lowest BCUT2D eigenvalue weighted by Gasteiger charge is -2.13. The van der Waals surface area contributed by atoms with Crippen molar-refractivity contribution in [3.63, 3.8) is 0 Å². The molecule has 27 heavy (non-hydrogen) atoms. The number of aryl methyl sites for hydroxylation is 1. The lowest BCUT2D eigenvalue weighted by molar-refractivity contribution is -0.173. The van der Waals surface area contributed by atoms with Crippen molar-refractivity contribution in [2.24, 2.45) is 0 Å². The Hall–Kier alpha value is -2.17. The zero-order valence-electron chi connectivity index (χ0n) is 14.4. The van der Waals surface area contributed by atoms with E-state index in [1.54, 1.807) is 0 Å². The second kappa shape index (κ2) is 10.2. The molecule has 0 saturated carbocycles. The Balaban J connectivity index is 2.40. The number of nitrogens with one attached hydrogen (secondary N) is 1. The van der Waals surface area contributed by atoms with Crippen LogP contribution in [0.3, 0.4) is 0 Å². The molecule has 5 nitrogen and oxygen atoms in total. The first-order chi connectivity index (χ1) is 12.5. The Bertz CT molecular complexity index is 604. The molecule has 0 fully saturated rings. The van der Waals surface area contributed by atoms with Crippen molar-refractivity contribution in [3.8, 4) is 11.5 Å². The van der Waals surface area contributed by atoms with Gasteiger partial charge in [-0.2, -0.15) is 26.3 Å². The number of alkyl halides is 6. The highest BCUT2D eigenvalue weighted by Crippen LogP contribution is 2.30. The molecule has 0 unspecified atom stereocenters. The number of hydrogen-bond acceptors (Lipinski definition) is 4. The molecule has 0 aromatic heterocycles. The summed E-state index contributed by atoms with van der Waals surface area (Å²) in [5, 5.41) is 2.40. The fourth-order valence-electron chi connectivity index (χ4n) is 1.94. The van der Waals surface area contributed by atoms with Crippen LogP contribution in [0.15, 0.2) is 18.2 Å². The highest BCUT2D eigenvalue weighted by atomic mass is 19.4. The van der Waals surface area contributed by atoms with Gasteiger partial charge in [0.1, 0.15) is 6.61 Å². The minimum absolute atomic E-state index is 0.0329. The molecule has 0 atom stereocenters. The first-order valence-electron chi connectivity index (χ1n) is 7.78. The Morgan fingerprint density at radius 3 is 2.30 bits per heavy atom. The van der Waals surface area contributed by atoms with Crippen LogP contribution in [0.2, 0.25) is 0 Å². The monoisotopic (exact) mass is 403 g/mol. The van der Waals surface area contributed by atoms with Gasteiger partial charge in [0.15, 0.2) is 18.1 Å². The second-order valence-corrected chi connectivity index (χ2v) is 5.41. The third-order valence-corrected chi connectivity index (χ3v) is 3.09. The van der Waals surface area contributed by atoms with Crippen LogP contribution >= 0.6 is 0 Å². The van der Waals surface area contributed by atoms with Crippen molar-refractivity contribution in [2.75, 3.05) is 33.5 Å². The number of ether oxygens (including phenoxy) is 3. The number of carbonyl (C=O) groups excluding carboxylic acids is 1. The van der Waals surface area contributed by atoms with Crippen LogP contribution < -0.4 is 14.8 Å². The number of rotatable bonds is 10. The summed E-state index contributed by atoms with van der Waals surface area (Å²) >= 11 is 0. The summed E-state index contributed by atoms with van der Waals surface area (Å²) in [6.07, 6.45) is -8.61. The number of carbonyl (C=O) groups is 1. The Morgan fingerprint density at radius 1 is 1.04 bits per heavy atom. The molecule has 0 aliphatic rings. The van der Waals surface area contributed by atoms with Gasteiger partial charge in [-0.25, -0.2) is 0 Å². The molecular weight excluding hydrogens is 384 g/mol. The summed E-state index contributed by atoms with van der Waals surface area (Å²) in [5.41, 5.74) is 0.620. The van der Waals surface area contributed by atoms with Crippen LogP contribution in [0, 0.1) is 0 Å². The average molecular weight is 403 g/mol. The van der Waals surface area contributed by atoms with E-state index in [1.807, 2.05) is 0 Å². The van der Waals surface area contributed by atoms with Gasteiger partial charge < -0.3 is 19.5 Å². The summed E-state index contributed by atoms with van der Waals surface area (Å²) in [7, 11) is 1.27. The van der Waals surface area contributed by atoms with E-state index in [-0.39, 0.29) is 37.5 Å². The minimum Gasteiger partial charge on any atom is -0.493 e. The van der Waals surface area contributed by atoms with Gasteiger partial charge in [-0.15, -0.1) is 0 Å². The molecule has 1 rings (SSSR count). The predicted octanol–water partition coefficient (Wildman–Crippen LogP) is 3.26. The third-order valence-electron chi connectivity index (χ3n) is 3.09. The van der Waals surface area contributed by atoms with Gasteiger partial charge in [0, 0.05) is 13.0 Å². The Kier molecular flexibility index (Phi) is 8.67. The zero-order valence-corrected chi connectivity index (χ0v) is 14.4. The standard InChI is InChI=1S/C16H19F6NO4/c1-25-13-8-11(2-4-12(13)27-10-16(20,21)22)3-5-14(24)23-6-7-26-9-15(17,18)19/h2,4,8H,3,5-7,9-10H2,1H3,(H,23,24). The molecule has 1 N–H and O–H groups in total. The molecule has 154 valence electrons. The van der Waals surface area contributed by atoms with Crippen LogP contribution in [0.5, 0.6) is 11.5 Å². The van der Waals surface area contributed by atoms with E-state index in [4.69, 9.17) is 4.74 Å². The zero-order chi connectivity index (χ0) is 20.5. The SMILES string of the molecule is COc1cc(CCC(=O)NCCOCC(F)(F)F)ccc1OCC(F)(F)F. The Labute approximate surface area is 151 Å². The number of halogens is 6. The maximum absolute atomic E-state index is 12.2. The quantitative estimate of drug-likeness (QED) is 0.481. The predicted molar refractivity (Wildman–Crippen MR) is 82.7 cm³/mol. The van der Waals surface area contributed by atoms with Gasteiger partial charge in [-0.1, -0.05) is 6.07 Å². The van der Waals surface area contributed by atoms with Crippen molar-refractivity contribution in [1.82, 2.24) is 5.32 Å². The third kappa shape index (κ3) is 10.5. The van der Waals surface area contributed by atoms with Gasteiger partial charge >= 0.3 is 12.4 Å². The van der Waals surface area contributed by atoms with Crippen LogP contribution in [0.4, 0.5) is 26.3 Å². The largest absolute Gasteiger partial charge is 0.493 e. The van der Waals surface area contributed by atoms with E-state index in [9.17, 15) is 31.1 Å². The van der Waals surface area contributed by atoms with E-state index >= 15 is 0 Å². The molecule has 0 radical (unpaired) electrons. The van der Waals surface area contributed by atoms with Gasteiger partial charge in [0.05, 0.1) is 13.7 Å². The molecular formula is C16H19F6NO4. The lowest BCUT2D eigenvalue weighted by Crippen LogP contribution is -2.29. The maximum Gasteiger partial charge on any atom is 0.422 e. The van der Waals surface area contributed by atoms with Crippen LogP contribution in [0.25, 0.3) is 0 Å². The molecule has 0 saturated heterocycles. The fourth-order valence-corrected chi connectivity index (χ4v) is 1.94. The summed E-state index contributed by atoms with van der Waals surface area (Å²) < 4.78 is 86.2. The first-order valence-corrected chi connectivity index (χ1v) is 7.78. The summed E-state index contributed by atoms with van der Waals surface area (Å²) in [6, 6.07) is 4.25. The highest BCUT2D eigenvalue weighted by Gasteiger charge is 2.29. The van der Waals surface area contributed by atoms with Crippen molar-refractivity contribution >= 4 is 5.91 Å². The molecule has 1 amide bonds. The number of hydrogen-bond donors (Lipinski definition) is 1. The summed E-state index contributed by atoms with van der Waals surface area (Å²) in [5.74, 6) is -0.385. The molecule has 11 heteroatoms. The first kappa shape index (κ1) is 22.9. The molecule has 0 aliphatic carbocycles. The van der Waals surface area contributed by atoms with Crippen molar-refractivity contribution < 1.29 is 45.3 Å². The van der Waals surface area contributed by atoms with E-state index in [2.05, 4.69) is 14.8 Å². The number of amides is 1. The molecule has 1 aromatic carbocycles. The summed E-state index contributed by atoms with van der Waals surface area (Å²) in [6.45, 7) is -3.18. The highest BCUT2D eigenvalue weighted by molar-refractivity contribution is 5.76. The van der Waals surface area contributed by atoms with Crippen LogP contribution in [0.1, 0.15) is 12.0 Å². The van der Waals surface area contributed by atoms with E-state index < -0.39 is 31.5 Å². The molecule has 0 spiro atoms. The van der Waals surface area contributed by atoms with Gasteiger partial charge in [0.25, 0.3) is 0 Å². The number of methoxy groups -OCH3 is 1. The average Bonchev–Trinajstić information content (AvgIpc) is 2.56. The fraction of sp³-hybridized carbons (Fsp3) is 0.562. The van der Waals surface area contributed by atoms with Gasteiger partial charge in [-0.05, 0) is 24.1 Å². The van der Waals surface area contributed by atoms with E-state index in [1.165, 1.54) is 25.3 Å². The number of benzene rings is 1. The summed E-state index contributed by atoms with van der Waals surface area (Å²) in [4.78, 5) is 11.6. The topological polar surface area (TPSA) is 56.8 Å². The maximum atomic E-state index is 12.2. The van der Waals surface area contributed by atoms with Gasteiger partial charge in [-0.3, -0.25) is 4.79 Å². The van der Waals surface area contributed by atoms with Crippen molar-refractivity contribution in [1.29, 1.82) is 0 Å². The lowest BCUT2D eigenvalue weighted by atomic mass is 10.1.